The summed E-state index contributed by atoms with van der Waals surface area (Å²) in [6.07, 6.45) is -0.334. The Morgan fingerprint density at radius 3 is 2.85 bits per heavy atom. The maximum atomic E-state index is 11.2. The molecular formula is C14H20N2O4. The highest BCUT2D eigenvalue weighted by Gasteiger charge is 2.35. The van der Waals surface area contributed by atoms with E-state index in [0.717, 1.165) is 5.56 Å². The summed E-state index contributed by atoms with van der Waals surface area (Å²) in [5.74, 6) is 0. The second-order valence-electron chi connectivity index (χ2n) is 5.81. The van der Waals surface area contributed by atoms with E-state index in [1.54, 1.807) is 12.1 Å². The van der Waals surface area contributed by atoms with Crippen molar-refractivity contribution < 1.29 is 14.8 Å². The van der Waals surface area contributed by atoms with Crippen LogP contribution < -0.4 is 4.90 Å². The third kappa shape index (κ3) is 3.08. The van der Waals surface area contributed by atoms with Crippen molar-refractivity contribution in [3.8, 4) is 0 Å². The number of aryl methyl sites for hydroxylation is 1. The molecule has 0 bridgehead atoms. The van der Waals surface area contributed by atoms with Crippen LogP contribution in [0.3, 0.4) is 0 Å². The lowest BCUT2D eigenvalue weighted by molar-refractivity contribution is -0.384. The monoisotopic (exact) mass is 280 g/mol. The highest BCUT2D eigenvalue weighted by atomic mass is 16.6. The molecule has 0 radical (unpaired) electrons. The number of nitrogens with zero attached hydrogens (tertiary/aromatic N) is 2. The molecule has 6 nitrogen and oxygen atoms in total. The van der Waals surface area contributed by atoms with Crippen molar-refractivity contribution in [1.29, 1.82) is 0 Å². The van der Waals surface area contributed by atoms with Gasteiger partial charge in [0.15, 0.2) is 0 Å². The molecule has 0 amide bonds. The second-order valence-corrected chi connectivity index (χ2v) is 5.81. The largest absolute Gasteiger partial charge is 0.394 e. The van der Waals surface area contributed by atoms with Gasteiger partial charge in [0.2, 0.25) is 0 Å². The third-order valence-electron chi connectivity index (χ3n) is 3.35. The Labute approximate surface area is 118 Å². The number of hydrogen-bond donors (Lipinski definition) is 1. The normalized spacial score (nSPS) is 21.8. The first-order valence-corrected chi connectivity index (χ1v) is 6.61. The molecule has 1 N–H and O–H groups in total. The highest BCUT2D eigenvalue weighted by molar-refractivity contribution is 5.64. The minimum Gasteiger partial charge on any atom is -0.394 e. The van der Waals surface area contributed by atoms with Gasteiger partial charge in [-0.3, -0.25) is 10.1 Å². The number of aliphatic hydroxyl groups excluding tert-OH is 1. The summed E-state index contributed by atoms with van der Waals surface area (Å²) in [5.41, 5.74) is 1.08. The van der Waals surface area contributed by atoms with E-state index in [-0.39, 0.29) is 23.3 Å². The topological polar surface area (TPSA) is 75.8 Å². The smallest absolute Gasteiger partial charge is 0.292 e. The van der Waals surface area contributed by atoms with Crippen LogP contribution in [0.15, 0.2) is 18.2 Å². The first-order valence-electron chi connectivity index (χ1n) is 6.61. The van der Waals surface area contributed by atoms with Crippen LogP contribution in [0.2, 0.25) is 0 Å². The molecule has 0 aliphatic carbocycles. The minimum absolute atomic E-state index is 0.0967. The van der Waals surface area contributed by atoms with Crippen molar-refractivity contribution >= 4 is 11.4 Å². The van der Waals surface area contributed by atoms with Gasteiger partial charge in [-0.1, -0.05) is 6.07 Å². The Bertz CT molecular complexity index is 516. The first-order chi connectivity index (χ1) is 9.32. The number of hydrogen-bond acceptors (Lipinski definition) is 5. The maximum absolute atomic E-state index is 11.2. The lowest BCUT2D eigenvalue weighted by Crippen LogP contribution is -2.54. The number of rotatable bonds is 3. The summed E-state index contributed by atoms with van der Waals surface area (Å²) in [4.78, 5) is 12.8. The Hall–Kier alpha value is -1.66. The van der Waals surface area contributed by atoms with Gasteiger partial charge in [-0.2, -0.15) is 0 Å². The van der Waals surface area contributed by atoms with Gasteiger partial charge in [-0.05, 0) is 32.4 Å². The molecule has 1 aliphatic rings. The van der Waals surface area contributed by atoms with Crippen molar-refractivity contribution in [1.82, 2.24) is 0 Å². The fourth-order valence-electron chi connectivity index (χ4n) is 2.62. The number of morpholine rings is 1. The molecule has 1 saturated heterocycles. The van der Waals surface area contributed by atoms with Crippen molar-refractivity contribution in [2.45, 2.75) is 32.5 Å². The van der Waals surface area contributed by atoms with Crippen molar-refractivity contribution in [3.05, 3.63) is 33.9 Å². The van der Waals surface area contributed by atoms with Crippen LogP contribution >= 0.6 is 0 Å². The average molecular weight is 280 g/mol. The summed E-state index contributed by atoms with van der Waals surface area (Å²) in [6.45, 7) is 6.57. The van der Waals surface area contributed by atoms with Gasteiger partial charge in [-0.25, -0.2) is 0 Å². The van der Waals surface area contributed by atoms with Gasteiger partial charge < -0.3 is 14.7 Å². The molecular weight excluding hydrogens is 260 g/mol. The van der Waals surface area contributed by atoms with Crippen LogP contribution in [-0.2, 0) is 4.74 Å². The van der Waals surface area contributed by atoms with E-state index in [4.69, 9.17) is 4.74 Å². The SMILES string of the molecule is Cc1ccc(N2CC(CO)OC(C)(C)C2)c([N+](=O)[O-])c1. The predicted molar refractivity (Wildman–Crippen MR) is 76.1 cm³/mol. The molecule has 6 heteroatoms. The lowest BCUT2D eigenvalue weighted by atomic mass is 10.0. The average Bonchev–Trinajstić information content (AvgIpc) is 2.36. The Morgan fingerprint density at radius 1 is 1.55 bits per heavy atom. The molecule has 0 spiro atoms. The van der Waals surface area contributed by atoms with Crippen LogP contribution in [0, 0.1) is 17.0 Å². The standard InChI is InChI=1S/C14H20N2O4/c1-10-4-5-12(13(6-10)16(18)19)15-7-11(8-17)20-14(2,3)9-15/h4-6,11,17H,7-9H2,1-3H3. The zero-order chi connectivity index (χ0) is 14.9. The molecule has 1 atom stereocenters. The van der Waals surface area contributed by atoms with Gasteiger partial charge in [0, 0.05) is 19.2 Å². The lowest BCUT2D eigenvalue weighted by Gasteiger charge is -2.43. The second kappa shape index (κ2) is 5.38. The zero-order valence-corrected chi connectivity index (χ0v) is 12.0. The molecule has 0 saturated carbocycles. The molecule has 1 unspecified atom stereocenters. The minimum atomic E-state index is -0.454. The number of ether oxygens (including phenoxy) is 1. The summed E-state index contributed by atoms with van der Waals surface area (Å²) >= 11 is 0. The summed E-state index contributed by atoms with van der Waals surface area (Å²) < 4.78 is 5.74. The molecule has 0 aromatic heterocycles. The molecule has 1 heterocycles. The van der Waals surface area contributed by atoms with Crippen molar-refractivity contribution in [2.24, 2.45) is 0 Å². The van der Waals surface area contributed by atoms with Crippen molar-refractivity contribution in [3.63, 3.8) is 0 Å². The highest BCUT2D eigenvalue weighted by Crippen LogP contribution is 2.33. The van der Waals surface area contributed by atoms with Crippen LogP contribution in [-0.4, -0.2) is 41.4 Å². The van der Waals surface area contributed by atoms with E-state index in [2.05, 4.69) is 0 Å². The van der Waals surface area contributed by atoms with E-state index in [9.17, 15) is 15.2 Å². The zero-order valence-electron chi connectivity index (χ0n) is 12.0. The van der Waals surface area contributed by atoms with Gasteiger partial charge >= 0.3 is 0 Å². The first kappa shape index (κ1) is 14.7. The number of aliphatic hydroxyl groups is 1. The van der Waals surface area contributed by atoms with E-state index < -0.39 is 5.60 Å². The fraction of sp³-hybridized carbons (Fsp3) is 0.571. The Kier molecular flexibility index (Phi) is 3.96. The molecule has 1 aliphatic heterocycles. The molecule has 110 valence electrons. The van der Waals surface area contributed by atoms with Gasteiger partial charge in [0.25, 0.3) is 5.69 Å². The van der Waals surface area contributed by atoms with Crippen LogP contribution in [0.25, 0.3) is 0 Å². The van der Waals surface area contributed by atoms with Gasteiger partial charge in [0.05, 0.1) is 23.2 Å². The third-order valence-corrected chi connectivity index (χ3v) is 3.35. The maximum Gasteiger partial charge on any atom is 0.292 e. The fourth-order valence-corrected chi connectivity index (χ4v) is 2.62. The van der Waals surface area contributed by atoms with Crippen LogP contribution in [0.4, 0.5) is 11.4 Å². The van der Waals surface area contributed by atoms with E-state index in [0.29, 0.717) is 18.8 Å². The van der Waals surface area contributed by atoms with Gasteiger partial charge in [0.1, 0.15) is 5.69 Å². The molecule has 2 rings (SSSR count). The molecule has 1 aromatic rings. The number of anilines is 1. The number of nitro benzene ring substituents is 1. The van der Waals surface area contributed by atoms with E-state index >= 15 is 0 Å². The Balaban J connectivity index is 2.37. The molecule has 1 fully saturated rings. The Morgan fingerprint density at radius 2 is 2.25 bits per heavy atom. The molecule has 1 aromatic carbocycles. The predicted octanol–water partition coefficient (Wildman–Crippen LogP) is 1.88. The summed E-state index contributed by atoms with van der Waals surface area (Å²) in [5, 5.41) is 20.6. The van der Waals surface area contributed by atoms with E-state index in [1.807, 2.05) is 31.7 Å². The van der Waals surface area contributed by atoms with E-state index in [1.165, 1.54) is 0 Å². The van der Waals surface area contributed by atoms with Crippen LogP contribution in [0.1, 0.15) is 19.4 Å². The number of benzene rings is 1. The van der Waals surface area contributed by atoms with Crippen molar-refractivity contribution in [2.75, 3.05) is 24.6 Å². The van der Waals surface area contributed by atoms with Gasteiger partial charge in [-0.15, -0.1) is 0 Å². The quantitative estimate of drug-likeness (QED) is 0.676. The number of nitro groups is 1. The van der Waals surface area contributed by atoms with Crippen LogP contribution in [0.5, 0.6) is 0 Å². The molecule has 20 heavy (non-hydrogen) atoms. The summed E-state index contributed by atoms with van der Waals surface area (Å²) in [6, 6.07) is 5.20. The summed E-state index contributed by atoms with van der Waals surface area (Å²) in [7, 11) is 0.